The highest BCUT2D eigenvalue weighted by atomic mass is 16.5. The molecule has 0 fully saturated rings. The Morgan fingerprint density at radius 2 is 1.96 bits per heavy atom. The van der Waals surface area contributed by atoms with Gasteiger partial charge in [0.15, 0.2) is 5.78 Å². The number of ether oxygens (including phenoxy) is 3. The fourth-order valence-electron chi connectivity index (χ4n) is 4.01. The van der Waals surface area contributed by atoms with Crippen molar-refractivity contribution in [1.82, 2.24) is 0 Å². The molecule has 0 amide bonds. The molecular weight excluding hydrogens is 344 g/mol. The van der Waals surface area contributed by atoms with E-state index in [0.717, 1.165) is 5.56 Å². The molecule has 6 nitrogen and oxygen atoms in total. The van der Waals surface area contributed by atoms with Crippen LogP contribution in [0.5, 0.6) is 11.5 Å². The van der Waals surface area contributed by atoms with E-state index in [9.17, 15) is 10.1 Å². The van der Waals surface area contributed by atoms with Crippen LogP contribution in [-0.4, -0.2) is 20.0 Å². The molecule has 0 bridgehead atoms. The van der Waals surface area contributed by atoms with Crippen molar-refractivity contribution < 1.29 is 19.0 Å². The van der Waals surface area contributed by atoms with Crippen molar-refractivity contribution in [2.75, 3.05) is 14.2 Å². The molecule has 6 heteroatoms. The molecule has 0 aromatic heterocycles. The van der Waals surface area contributed by atoms with E-state index in [1.54, 1.807) is 14.2 Å². The van der Waals surface area contributed by atoms with Gasteiger partial charge in [-0.3, -0.25) is 4.79 Å². The number of carbonyl (C=O) groups is 1. The number of carbonyl (C=O) groups excluding carboxylic acids is 1. The highest BCUT2D eigenvalue weighted by Gasteiger charge is 2.44. The summed E-state index contributed by atoms with van der Waals surface area (Å²) < 4.78 is 16.7. The molecule has 0 spiro atoms. The Kier molecular flexibility index (Phi) is 4.64. The van der Waals surface area contributed by atoms with E-state index in [1.165, 1.54) is 0 Å². The molecule has 0 saturated carbocycles. The van der Waals surface area contributed by atoms with Crippen LogP contribution in [0.3, 0.4) is 0 Å². The van der Waals surface area contributed by atoms with Gasteiger partial charge in [0.1, 0.15) is 28.9 Å². The van der Waals surface area contributed by atoms with Crippen LogP contribution in [0.1, 0.15) is 43.7 Å². The lowest BCUT2D eigenvalue weighted by Crippen LogP contribution is -2.33. The number of benzene rings is 1. The van der Waals surface area contributed by atoms with E-state index in [2.05, 4.69) is 6.07 Å². The van der Waals surface area contributed by atoms with E-state index < -0.39 is 5.92 Å². The van der Waals surface area contributed by atoms with Gasteiger partial charge in [-0.1, -0.05) is 19.9 Å². The quantitative estimate of drug-likeness (QED) is 0.878. The lowest BCUT2D eigenvalue weighted by atomic mass is 9.70. The molecule has 1 aromatic rings. The van der Waals surface area contributed by atoms with Crippen LogP contribution in [0.25, 0.3) is 0 Å². The van der Waals surface area contributed by atoms with Crippen LogP contribution < -0.4 is 15.2 Å². The lowest BCUT2D eigenvalue weighted by molar-refractivity contribution is -0.119. The fraction of sp³-hybridized carbons (Fsp3) is 0.429. The Bertz CT molecular complexity index is 919. The van der Waals surface area contributed by atoms with E-state index >= 15 is 0 Å². The zero-order valence-electron chi connectivity index (χ0n) is 16.3. The number of Topliss-reactive ketones (excluding diaryl/α,β-unsaturated/α-hetero) is 1. The Morgan fingerprint density at radius 1 is 1.26 bits per heavy atom. The second kappa shape index (κ2) is 6.66. The van der Waals surface area contributed by atoms with Crippen LogP contribution in [0.15, 0.2) is 34.9 Å². The first kappa shape index (κ1) is 18.8. The molecule has 0 saturated heterocycles. The lowest BCUT2D eigenvalue weighted by Gasteiger charge is -2.37. The second-order valence-electron chi connectivity index (χ2n) is 7.72. The number of hydrogen-bond donors (Lipinski definition) is 1. The fourth-order valence-corrected chi connectivity index (χ4v) is 4.01. The van der Waals surface area contributed by atoms with Gasteiger partial charge >= 0.3 is 0 Å². The summed E-state index contributed by atoms with van der Waals surface area (Å²) in [4.78, 5) is 13.0. The van der Waals surface area contributed by atoms with E-state index in [0.29, 0.717) is 41.2 Å². The van der Waals surface area contributed by atoms with Gasteiger partial charge < -0.3 is 19.9 Å². The van der Waals surface area contributed by atoms with Crippen molar-refractivity contribution in [3.05, 3.63) is 46.0 Å². The highest BCUT2D eigenvalue weighted by Crippen LogP contribution is 2.50. The highest BCUT2D eigenvalue weighted by molar-refractivity contribution is 6.00. The second-order valence-corrected chi connectivity index (χ2v) is 7.72. The number of hydrogen-bond acceptors (Lipinski definition) is 6. The average Bonchev–Trinajstić information content (AvgIpc) is 2.59. The normalized spacial score (nSPS) is 21.3. The van der Waals surface area contributed by atoms with Gasteiger partial charge in [-0.15, -0.1) is 0 Å². The number of nitrogens with zero attached hydrogens (tertiary/aromatic N) is 1. The van der Waals surface area contributed by atoms with Crippen molar-refractivity contribution in [2.45, 2.75) is 39.5 Å². The van der Waals surface area contributed by atoms with Crippen molar-refractivity contribution in [2.24, 2.45) is 11.1 Å². The average molecular weight is 368 g/mol. The van der Waals surface area contributed by atoms with Gasteiger partial charge in [0.05, 0.1) is 20.1 Å². The Balaban J connectivity index is 2.27. The van der Waals surface area contributed by atoms with Crippen molar-refractivity contribution >= 4 is 5.78 Å². The maximum absolute atomic E-state index is 13.0. The molecule has 2 aliphatic rings. The topological polar surface area (TPSA) is 94.6 Å². The van der Waals surface area contributed by atoms with E-state index in [1.807, 2.05) is 32.9 Å². The Hall–Kier alpha value is -2.94. The molecule has 2 N–H and O–H groups in total. The summed E-state index contributed by atoms with van der Waals surface area (Å²) in [6.07, 6.45) is 0.975. The molecule has 1 aromatic carbocycles. The predicted molar refractivity (Wildman–Crippen MR) is 100.0 cm³/mol. The largest absolute Gasteiger partial charge is 0.496 e. The van der Waals surface area contributed by atoms with Gasteiger partial charge in [0.2, 0.25) is 5.88 Å². The zero-order chi connectivity index (χ0) is 19.9. The number of ketones is 1. The summed E-state index contributed by atoms with van der Waals surface area (Å²) in [5, 5.41) is 9.74. The number of nitriles is 1. The third-order valence-corrected chi connectivity index (χ3v) is 5.20. The molecule has 27 heavy (non-hydrogen) atoms. The van der Waals surface area contributed by atoms with E-state index in [4.69, 9.17) is 19.9 Å². The molecule has 142 valence electrons. The van der Waals surface area contributed by atoms with Crippen molar-refractivity contribution in [3.63, 3.8) is 0 Å². The molecule has 1 aliphatic carbocycles. The Labute approximate surface area is 159 Å². The molecule has 0 unspecified atom stereocenters. The number of rotatable bonds is 3. The maximum Gasteiger partial charge on any atom is 0.205 e. The van der Waals surface area contributed by atoms with Crippen LogP contribution in [0, 0.1) is 23.7 Å². The summed E-state index contributed by atoms with van der Waals surface area (Å²) in [5.41, 5.74) is 8.08. The minimum Gasteiger partial charge on any atom is -0.496 e. The minimum absolute atomic E-state index is 0.0259. The Morgan fingerprint density at radius 3 is 2.56 bits per heavy atom. The maximum atomic E-state index is 13.0. The summed E-state index contributed by atoms with van der Waals surface area (Å²) in [6.45, 7) is 5.91. The van der Waals surface area contributed by atoms with Crippen molar-refractivity contribution in [3.8, 4) is 17.6 Å². The number of methoxy groups -OCH3 is 2. The molecule has 3 rings (SSSR count). The minimum atomic E-state index is -0.609. The van der Waals surface area contributed by atoms with Crippen LogP contribution in [-0.2, 0) is 9.53 Å². The predicted octanol–water partition coefficient (Wildman–Crippen LogP) is 3.46. The summed E-state index contributed by atoms with van der Waals surface area (Å²) in [5.74, 6) is 1.20. The molecule has 1 heterocycles. The monoisotopic (exact) mass is 368 g/mol. The van der Waals surface area contributed by atoms with Gasteiger partial charge in [0, 0.05) is 29.5 Å². The first-order chi connectivity index (χ1) is 12.7. The zero-order valence-corrected chi connectivity index (χ0v) is 16.3. The summed E-state index contributed by atoms with van der Waals surface area (Å²) in [7, 11) is 3.15. The van der Waals surface area contributed by atoms with Gasteiger partial charge in [-0.2, -0.15) is 5.26 Å². The smallest absolute Gasteiger partial charge is 0.205 e. The molecule has 1 aliphatic heterocycles. The van der Waals surface area contributed by atoms with E-state index in [-0.39, 0.29) is 22.7 Å². The summed E-state index contributed by atoms with van der Waals surface area (Å²) in [6, 6.07) is 5.77. The number of nitrogens with two attached hydrogens (primary N) is 1. The first-order valence-corrected chi connectivity index (χ1v) is 8.79. The van der Waals surface area contributed by atoms with Gasteiger partial charge in [-0.25, -0.2) is 0 Å². The van der Waals surface area contributed by atoms with Gasteiger partial charge in [0.25, 0.3) is 0 Å². The van der Waals surface area contributed by atoms with Crippen LogP contribution in [0.2, 0.25) is 0 Å². The number of allylic oxidation sites excluding steroid dienone is 3. The van der Waals surface area contributed by atoms with Crippen molar-refractivity contribution in [1.29, 1.82) is 5.26 Å². The molecular formula is C21H24N2O4. The summed E-state index contributed by atoms with van der Waals surface area (Å²) >= 11 is 0. The molecule has 0 radical (unpaired) electrons. The van der Waals surface area contributed by atoms with Gasteiger partial charge in [-0.05, 0) is 18.4 Å². The first-order valence-electron chi connectivity index (χ1n) is 8.79. The van der Waals surface area contributed by atoms with Crippen LogP contribution >= 0.6 is 0 Å². The van der Waals surface area contributed by atoms with Crippen LogP contribution in [0.4, 0.5) is 0 Å². The third kappa shape index (κ3) is 3.03. The third-order valence-electron chi connectivity index (χ3n) is 5.20. The standard InChI is InChI=1S/C21H24N2O4/c1-11-15(25-4)7-6-12(19(11)26-5)17-13(10-22)20(23)27-16-9-21(2,3)8-14(24)18(16)17/h6-7,17H,8-9,23H2,1-5H3/t17-/m0/s1. The molecule has 1 atom stereocenters. The SMILES string of the molecule is COc1ccc([C@H]2C(C#N)=C(N)OC3=C2C(=O)CC(C)(C)C3)c(OC)c1C.